The van der Waals surface area contributed by atoms with E-state index in [1.54, 1.807) is 11.8 Å². The molecule has 0 aliphatic heterocycles. The van der Waals surface area contributed by atoms with E-state index in [-0.39, 0.29) is 6.61 Å². The van der Waals surface area contributed by atoms with E-state index in [0.717, 1.165) is 17.2 Å². The Morgan fingerprint density at radius 2 is 1.89 bits per heavy atom. The van der Waals surface area contributed by atoms with Crippen molar-refractivity contribution in [1.29, 1.82) is 0 Å². The molecule has 0 aliphatic carbocycles. The van der Waals surface area contributed by atoms with Crippen LogP contribution < -0.4 is 5.32 Å². The summed E-state index contributed by atoms with van der Waals surface area (Å²) < 4.78 is 39.9. The van der Waals surface area contributed by atoms with Crippen LogP contribution in [0.5, 0.6) is 0 Å². The minimum atomic E-state index is -4.23. The Bertz CT molecular complexity index is 354. The first-order valence-electron chi connectivity index (χ1n) is 6.02. The summed E-state index contributed by atoms with van der Waals surface area (Å²) in [5.41, 5.74) is 1.21. The molecule has 1 rings (SSSR count). The van der Waals surface area contributed by atoms with Gasteiger partial charge in [0, 0.05) is 23.8 Å². The molecule has 1 aromatic carbocycles. The molecule has 0 saturated heterocycles. The monoisotopic (exact) mass is 293 g/mol. The van der Waals surface area contributed by atoms with Crippen molar-refractivity contribution in [3.05, 3.63) is 29.8 Å². The standard InChI is InChI=1S/C13H18F3NOS/c1-17-9-11-3-5-12(6-4-11)19-8-2-7-18-10-13(14,15)16/h3-6,17H,2,7-10H2,1H3. The molecule has 0 heterocycles. The third-order valence-electron chi connectivity index (χ3n) is 2.27. The number of ether oxygens (including phenoxy) is 1. The zero-order chi connectivity index (χ0) is 14.1. The highest BCUT2D eigenvalue weighted by molar-refractivity contribution is 7.99. The zero-order valence-corrected chi connectivity index (χ0v) is 11.6. The molecule has 108 valence electrons. The summed E-state index contributed by atoms with van der Waals surface area (Å²) in [5, 5.41) is 3.07. The Morgan fingerprint density at radius 1 is 1.21 bits per heavy atom. The first-order valence-corrected chi connectivity index (χ1v) is 7.00. The van der Waals surface area contributed by atoms with Crippen LogP contribution in [0.15, 0.2) is 29.2 Å². The Hall–Kier alpha value is -0.720. The molecule has 0 radical (unpaired) electrons. The van der Waals surface area contributed by atoms with Crippen molar-refractivity contribution < 1.29 is 17.9 Å². The predicted octanol–water partition coefficient (Wildman–Crippen LogP) is 3.47. The van der Waals surface area contributed by atoms with Gasteiger partial charge in [-0.1, -0.05) is 12.1 Å². The van der Waals surface area contributed by atoms with Gasteiger partial charge in [-0.05, 0) is 31.2 Å². The molecule has 0 fully saturated rings. The summed E-state index contributed by atoms with van der Waals surface area (Å²) in [6.07, 6.45) is -3.62. The lowest BCUT2D eigenvalue weighted by Gasteiger charge is -2.07. The second-order valence-corrected chi connectivity index (χ2v) is 5.21. The van der Waals surface area contributed by atoms with E-state index in [1.165, 1.54) is 5.56 Å². The van der Waals surface area contributed by atoms with Crippen molar-refractivity contribution in [3.63, 3.8) is 0 Å². The van der Waals surface area contributed by atoms with Gasteiger partial charge in [0.15, 0.2) is 0 Å². The molecule has 1 N–H and O–H groups in total. The number of halogens is 3. The van der Waals surface area contributed by atoms with E-state index in [0.29, 0.717) is 6.42 Å². The van der Waals surface area contributed by atoms with Gasteiger partial charge in [0.25, 0.3) is 0 Å². The van der Waals surface area contributed by atoms with Gasteiger partial charge in [-0.2, -0.15) is 13.2 Å². The number of alkyl halides is 3. The van der Waals surface area contributed by atoms with Crippen molar-refractivity contribution in [2.75, 3.05) is 26.0 Å². The maximum absolute atomic E-state index is 11.8. The highest BCUT2D eigenvalue weighted by Crippen LogP contribution is 2.19. The summed E-state index contributed by atoms with van der Waals surface area (Å²) in [6, 6.07) is 8.12. The zero-order valence-electron chi connectivity index (χ0n) is 10.8. The van der Waals surface area contributed by atoms with Gasteiger partial charge in [0.2, 0.25) is 0 Å². The molecule has 0 saturated carbocycles. The van der Waals surface area contributed by atoms with Gasteiger partial charge < -0.3 is 10.1 Å². The Balaban J connectivity index is 2.12. The average molecular weight is 293 g/mol. The number of hydrogen-bond acceptors (Lipinski definition) is 3. The third kappa shape index (κ3) is 8.13. The molecule has 0 aromatic heterocycles. The molecule has 0 aliphatic rings. The number of nitrogens with one attached hydrogen (secondary N) is 1. The van der Waals surface area contributed by atoms with Gasteiger partial charge in [0.05, 0.1) is 0 Å². The molecule has 0 unspecified atom stereocenters. The fourth-order valence-corrected chi connectivity index (χ4v) is 2.27. The molecular weight excluding hydrogens is 275 g/mol. The summed E-state index contributed by atoms with van der Waals surface area (Å²) in [7, 11) is 1.89. The lowest BCUT2D eigenvalue weighted by molar-refractivity contribution is -0.173. The average Bonchev–Trinajstić information content (AvgIpc) is 2.35. The van der Waals surface area contributed by atoms with Crippen LogP contribution in [-0.2, 0) is 11.3 Å². The minimum Gasteiger partial charge on any atom is -0.372 e. The van der Waals surface area contributed by atoms with E-state index < -0.39 is 12.8 Å². The summed E-state index contributed by atoms with van der Waals surface area (Å²) in [6.45, 7) is -0.184. The highest BCUT2D eigenvalue weighted by atomic mass is 32.2. The summed E-state index contributed by atoms with van der Waals surface area (Å²) in [4.78, 5) is 1.12. The number of benzene rings is 1. The van der Waals surface area contributed by atoms with Crippen LogP contribution in [0, 0.1) is 0 Å². The molecular formula is C13H18F3NOS. The van der Waals surface area contributed by atoms with Crippen LogP contribution in [-0.4, -0.2) is 32.2 Å². The minimum absolute atomic E-state index is 0.143. The fourth-order valence-electron chi connectivity index (χ4n) is 1.45. The Kier molecular flexibility index (Phi) is 7.27. The second-order valence-electron chi connectivity index (χ2n) is 4.04. The molecule has 0 bridgehead atoms. The molecule has 19 heavy (non-hydrogen) atoms. The van der Waals surface area contributed by atoms with E-state index in [9.17, 15) is 13.2 Å². The molecule has 0 atom stereocenters. The van der Waals surface area contributed by atoms with Crippen LogP contribution in [0.2, 0.25) is 0 Å². The molecule has 0 amide bonds. The third-order valence-corrected chi connectivity index (χ3v) is 3.37. The number of rotatable bonds is 8. The molecule has 1 aromatic rings. The molecule has 6 heteroatoms. The van der Waals surface area contributed by atoms with Crippen molar-refractivity contribution in [2.45, 2.75) is 24.0 Å². The normalized spacial score (nSPS) is 11.8. The van der Waals surface area contributed by atoms with Crippen molar-refractivity contribution in [2.24, 2.45) is 0 Å². The smallest absolute Gasteiger partial charge is 0.372 e. The second kappa shape index (κ2) is 8.45. The number of thioether (sulfide) groups is 1. The van der Waals surface area contributed by atoms with Crippen molar-refractivity contribution in [3.8, 4) is 0 Å². The lowest BCUT2D eigenvalue weighted by Crippen LogP contribution is -2.17. The summed E-state index contributed by atoms with van der Waals surface area (Å²) >= 11 is 1.62. The first kappa shape index (κ1) is 16.3. The van der Waals surface area contributed by atoms with E-state index >= 15 is 0 Å². The quantitative estimate of drug-likeness (QED) is 0.586. The van der Waals surface area contributed by atoms with Gasteiger partial charge in [-0.3, -0.25) is 0 Å². The van der Waals surface area contributed by atoms with Crippen LogP contribution in [0.4, 0.5) is 13.2 Å². The molecule has 2 nitrogen and oxygen atoms in total. The summed E-state index contributed by atoms with van der Waals surface area (Å²) in [5.74, 6) is 0.753. The highest BCUT2D eigenvalue weighted by Gasteiger charge is 2.27. The largest absolute Gasteiger partial charge is 0.411 e. The van der Waals surface area contributed by atoms with Crippen molar-refractivity contribution in [1.82, 2.24) is 5.32 Å². The first-order chi connectivity index (χ1) is 9.01. The van der Waals surface area contributed by atoms with Gasteiger partial charge >= 0.3 is 6.18 Å². The Labute approximate surface area is 115 Å². The van der Waals surface area contributed by atoms with E-state index in [2.05, 4.69) is 10.1 Å². The van der Waals surface area contributed by atoms with E-state index in [1.807, 2.05) is 31.3 Å². The van der Waals surface area contributed by atoms with Gasteiger partial charge in [-0.15, -0.1) is 11.8 Å². The van der Waals surface area contributed by atoms with E-state index in [4.69, 9.17) is 0 Å². The lowest BCUT2D eigenvalue weighted by atomic mass is 10.2. The predicted molar refractivity (Wildman–Crippen MR) is 71.4 cm³/mol. The van der Waals surface area contributed by atoms with Gasteiger partial charge in [-0.25, -0.2) is 0 Å². The van der Waals surface area contributed by atoms with Crippen LogP contribution in [0.3, 0.4) is 0 Å². The maximum atomic E-state index is 11.8. The van der Waals surface area contributed by atoms with Crippen LogP contribution in [0.1, 0.15) is 12.0 Å². The topological polar surface area (TPSA) is 21.3 Å². The fraction of sp³-hybridized carbons (Fsp3) is 0.538. The maximum Gasteiger partial charge on any atom is 0.411 e. The van der Waals surface area contributed by atoms with Crippen molar-refractivity contribution >= 4 is 11.8 Å². The molecule has 0 spiro atoms. The van der Waals surface area contributed by atoms with Crippen LogP contribution >= 0.6 is 11.8 Å². The van der Waals surface area contributed by atoms with Crippen LogP contribution in [0.25, 0.3) is 0 Å². The Morgan fingerprint density at radius 3 is 2.47 bits per heavy atom. The number of hydrogen-bond donors (Lipinski definition) is 1. The van der Waals surface area contributed by atoms with Gasteiger partial charge in [0.1, 0.15) is 6.61 Å². The SMILES string of the molecule is CNCc1ccc(SCCCOCC(F)(F)F)cc1.